The van der Waals surface area contributed by atoms with Gasteiger partial charge in [0, 0.05) is 24.1 Å². The number of aliphatic hydroxyl groups excluding tert-OH is 4. The van der Waals surface area contributed by atoms with E-state index in [1.807, 2.05) is 0 Å². The molecule has 1 fully saturated rings. The first kappa shape index (κ1) is 21.0. The molecule has 10 nitrogen and oxygen atoms in total. The largest absolute Gasteiger partial charge is 0.507 e. The van der Waals surface area contributed by atoms with Crippen molar-refractivity contribution in [2.24, 2.45) is 0 Å². The van der Waals surface area contributed by atoms with Crippen LogP contribution in [0, 0.1) is 0 Å². The van der Waals surface area contributed by atoms with Crippen molar-refractivity contribution in [2.75, 3.05) is 6.61 Å². The third-order valence-electron chi connectivity index (χ3n) is 5.67. The van der Waals surface area contributed by atoms with Gasteiger partial charge in [-0.05, 0) is 19.9 Å². The number of hydrogen-bond donors (Lipinski definition) is 5. The van der Waals surface area contributed by atoms with Gasteiger partial charge in [0.2, 0.25) is 0 Å². The van der Waals surface area contributed by atoms with Gasteiger partial charge in [-0.25, -0.2) is 4.79 Å². The fraction of sp³-hybridized carbons (Fsp3) is 0.550. The van der Waals surface area contributed by atoms with Crippen LogP contribution in [0.15, 0.2) is 27.4 Å². The number of phenols is 1. The highest BCUT2D eigenvalue weighted by molar-refractivity contribution is 5.87. The zero-order valence-corrected chi connectivity index (χ0v) is 16.4. The Morgan fingerprint density at radius 3 is 2.60 bits per heavy atom. The molecule has 10 heteroatoms. The molecule has 0 saturated carbocycles. The lowest BCUT2D eigenvalue weighted by Crippen LogP contribution is -2.61. The number of benzene rings is 1. The molecule has 0 aliphatic carbocycles. The molecule has 1 aromatic heterocycles. The first-order valence-electron chi connectivity index (χ1n) is 9.56. The molecule has 0 radical (unpaired) electrons. The highest BCUT2D eigenvalue weighted by Crippen LogP contribution is 2.44. The van der Waals surface area contributed by atoms with Crippen molar-refractivity contribution in [2.45, 2.75) is 62.7 Å². The predicted octanol–water partition coefficient (Wildman–Crippen LogP) is -0.603. The summed E-state index contributed by atoms with van der Waals surface area (Å²) in [5, 5.41) is 50.4. The van der Waals surface area contributed by atoms with Crippen molar-refractivity contribution >= 4 is 11.0 Å². The van der Waals surface area contributed by atoms with E-state index in [4.69, 9.17) is 18.6 Å². The van der Waals surface area contributed by atoms with E-state index in [-0.39, 0.29) is 17.8 Å². The van der Waals surface area contributed by atoms with Crippen LogP contribution < -0.4 is 10.4 Å². The van der Waals surface area contributed by atoms with E-state index in [9.17, 15) is 30.3 Å². The number of hydrogen-bond acceptors (Lipinski definition) is 10. The Hall–Kier alpha value is -2.21. The van der Waals surface area contributed by atoms with E-state index in [1.54, 1.807) is 13.8 Å². The number of ether oxygens (including phenoxy) is 3. The summed E-state index contributed by atoms with van der Waals surface area (Å²) in [6, 6.07) is 4.21. The Morgan fingerprint density at radius 2 is 1.90 bits per heavy atom. The second-order valence-electron chi connectivity index (χ2n) is 8.10. The lowest BCUT2D eigenvalue weighted by molar-refractivity contribution is -0.329. The van der Waals surface area contributed by atoms with E-state index in [0.717, 1.165) is 0 Å². The van der Waals surface area contributed by atoms with Crippen LogP contribution in [-0.2, 0) is 15.9 Å². The quantitative estimate of drug-likeness (QED) is 0.401. The molecule has 2 aromatic rings. The minimum absolute atomic E-state index is 0.0580. The van der Waals surface area contributed by atoms with Gasteiger partial charge < -0.3 is 44.2 Å². The van der Waals surface area contributed by atoms with E-state index in [1.165, 1.54) is 18.2 Å². The number of phenolic OH excluding ortho intramolecular Hbond substituents is 1. The van der Waals surface area contributed by atoms with Crippen molar-refractivity contribution in [3.05, 3.63) is 34.2 Å². The molecule has 6 atom stereocenters. The first-order chi connectivity index (χ1) is 14.1. The van der Waals surface area contributed by atoms with Crippen molar-refractivity contribution in [3.8, 4) is 11.5 Å². The molecule has 3 heterocycles. The normalized spacial score (nSPS) is 31.5. The van der Waals surface area contributed by atoms with Crippen molar-refractivity contribution < 1.29 is 44.2 Å². The molecule has 1 aromatic carbocycles. The molecule has 0 amide bonds. The maximum absolute atomic E-state index is 11.5. The molecular weight excluding hydrogens is 400 g/mol. The fourth-order valence-corrected chi connectivity index (χ4v) is 3.83. The molecule has 0 bridgehead atoms. The zero-order chi connectivity index (χ0) is 21.8. The highest BCUT2D eigenvalue weighted by Gasteiger charge is 2.48. The SMILES string of the molecule is CC(C)(O[C@@H]1O[C@H](CO)[C@@H](O)[C@@H](O)[C@H]1O)C1Cc2c(cc3oc(=O)ccc3c2O)O1. The summed E-state index contributed by atoms with van der Waals surface area (Å²) in [6.45, 7) is 2.80. The van der Waals surface area contributed by atoms with Gasteiger partial charge in [0.05, 0.1) is 12.0 Å². The summed E-state index contributed by atoms with van der Waals surface area (Å²) in [4.78, 5) is 11.5. The summed E-state index contributed by atoms with van der Waals surface area (Å²) < 4.78 is 22.3. The predicted molar refractivity (Wildman–Crippen MR) is 101 cm³/mol. The Morgan fingerprint density at radius 1 is 1.17 bits per heavy atom. The maximum atomic E-state index is 11.5. The third-order valence-corrected chi connectivity index (χ3v) is 5.67. The van der Waals surface area contributed by atoms with Gasteiger partial charge in [0.1, 0.15) is 53.2 Å². The molecule has 0 spiro atoms. The van der Waals surface area contributed by atoms with Gasteiger partial charge >= 0.3 is 5.63 Å². The van der Waals surface area contributed by atoms with Gasteiger partial charge in [0.15, 0.2) is 6.29 Å². The van der Waals surface area contributed by atoms with Gasteiger partial charge in [-0.1, -0.05) is 0 Å². The number of aliphatic hydroxyl groups is 4. The fourth-order valence-electron chi connectivity index (χ4n) is 3.83. The van der Waals surface area contributed by atoms with E-state index >= 15 is 0 Å². The maximum Gasteiger partial charge on any atom is 0.336 e. The minimum atomic E-state index is -1.56. The molecule has 4 rings (SSSR count). The van der Waals surface area contributed by atoms with Crippen LogP contribution in [-0.4, -0.2) is 74.6 Å². The lowest BCUT2D eigenvalue weighted by atomic mass is 9.94. The van der Waals surface area contributed by atoms with Crippen LogP contribution >= 0.6 is 0 Å². The monoisotopic (exact) mass is 424 g/mol. The van der Waals surface area contributed by atoms with Gasteiger partial charge in [-0.15, -0.1) is 0 Å². The number of aromatic hydroxyl groups is 1. The molecule has 5 N–H and O–H groups in total. The second-order valence-corrected chi connectivity index (χ2v) is 8.10. The molecular formula is C20H24O10. The van der Waals surface area contributed by atoms with Crippen LogP contribution in [0.1, 0.15) is 19.4 Å². The summed E-state index contributed by atoms with van der Waals surface area (Å²) in [7, 11) is 0. The van der Waals surface area contributed by atoms with Crippen LogP contribution in [0.25, 0.3) is 11.0 Å². The smallest absolute Gasteiger partial charge is 0.336 e. The lowest BCUT2D eigenvalue weighted by Gasteiger charge is -2.43. The average molecular weight is 424 g/mol. The van der Waals surface area contributed by atoms with E-state index < -0.39 is 54.6 Å². The molecule has 1 unspecified atom stereocenters. The molecule has 2 aliphatic rings. The molecule has 30 heavy (non-hydrogen) atoms. The molecule has 164 valence electrons. The Bertz CT molecular complexity index is 997. The summed E-state index contributed by atoms with van der Waals surface area (Å²) in [5.41, 5.74) is -0.923. The van der Waals surface area contributed by atoms with E-state index in [2.05, 4.69) is 0 Å². The number of fused-ring (bicyclic) bond motifs is 2. The van der Waals surface area contributed by atoms with E-state index in [0.29, 0.717) is 16.7 Å². The topological polar surface area (TPSA) is 159 Å². The van der Waals surface area contributed by atoms with Gasteiger partial charge in [-0.2, -0.15) is 0 Å². The van der Waals surface area contributed by atoms with Crippen LogP contribution in [0.3, 0.4) is 0 Å². The first-order valence-corrected chi connectivity index (χ1v) is 9.56. The van der Waals surface area contributed by atoms with Crippen LogP contribution in [0.2, 0.25) is 0 Å². The van der Waals surface area contributed by atoms with Crippen LogP contribution in [0.5, 0.6) is 11.5 Å². The highest BCUT2D eigenvalue weighted by atomic mass is 16.7. The molecule has 2 aliphatic heterocycles. The average Bonchev–Trinajstić information content (AvgIpc) is 3.13. The van der Waals surface area contributed by atoms with Crippen molar-refractivity contribution in [3.63, 3.8) is 0 Å². The Kier molecular flexibility index (Phi) is 5.25. The third kappa shape index (κ3) is 3.45. The van der Waals surface area contributed by atoms with Gasteiger partial charge in [0.25, 0.3) is 0 Å². The van der Waals surface area contributed by atoms with Crippen molar-refractivity contribution in [1.82, 2.24) is 0 Å². The summed E-state index contributed by atoms with van der Waals surface area (Å²) in [5.74, 6) is 0.280. The second kappa shape index (κ2) is 7.49. The Balaban J connectivity index is 1.57. The standard InChI is InChI=1S/C20H24O10/c1-20(2,30-19-18(26)17(25)16(24)12(7-21)29-19)13-5-9-11(27-13)6-10-8(15(9)23)3-4-14(22)28-10/h3-4,6,12-13,16-19,21,23-26H,5,7H2,1-2H3/t12-,13?,16-,17-,18-,19+/m1/s1. The summed E-state index contributed by atoms with van der Waals surface area (Å²) >= 11 is 0. The number of rotatable bonds is 4. The summed E-state index contributed by atoms with van der Waals surface area (Å²) in [6.07, 6.45) is -7.36. The Labute approximate surface area is 170 Å². The van der Waals surface area contributed by atoms with Crippen LogP contribution in [0.4, 0.5) is 0 Å². The minimum Gasteiger partial charge on any atom is -0.507 e. The van der Waals surface area contributed by atoms with Crippen molar-refractivity contribution in [1.29, 1.82) is 0 Å². The van der Waals surface area contributed by atoms with Gasteiger partial charge in [-0.3, -0.25) is 0 Å². The zero-order valence-electron chi connectivity index (χ0n) is 16.4. The molecule has 1 saturated heterocycles.